The number of carboxylic acids is 1. The van der Waals surface area contributed by atoms with Crippen molar-refractivity contribution < 1.29 is 14.7 Å². The third-order valence-corrected chi connectivity index (χ3v) is 2.83. The Hall–Kier alpha value is -2.05. The van der Waals surface area contributed by atoms with Gasteiger partial charge in [-0.15, -0.1) is 0 Å². The number of carbonyl (C=O) groups is 2. The maximum Gasteiger partial charge on any atom is 0.317 e. The number of nitrogens with zero attached hydrogens (tertiary/aromatic N) is 2. The van der Waals surface area contributed by atoms with Crippen molar-refractivity contribution in [3.63, 3.8) is 0 Å². The molecule has 3 N–H and O–H groups in total. The summed E-state index contributed by atoms with van der Waals surface area (Å²) in [4.78, 5) is 30.9. The predicted molar refractivity (Wildman–Crippen MR) is 69.8 cm³/mol. The summed E-state index contributed by atoms with van der Waals surface area (Å²) in [5, 5.41) is 11.5. The molecule has 7 nitrogen and oxygen atoms in total. The van der Waals surface area contributed by atoms with E-state index in [0.717, 1.165) is 5.69 Å². The number of carbonyl (C=O) groups excluding carboxylic acids is 1. The number of aromatic nitrogens is 2. The van der Waals surface area contributed by atoms with Gasteiger partial charge in [-0.25, -0.2) is 9.78 Å². The topological polar surface area (TPSA) is 98.3 Å². The van der Waals surface area contributed by atoms with Crippen molar-refractivity contribution in [3.8, 4) is 0 Å². The summed E-state index contributed by atoms with van der Waals surface area (Å²) >= 11 is 0. The monoisotopic (exact) mass is 268 g/mol. The Morgan fingerprint density at radius 2 is 2.32 bits per heavy atom. The van der Waals surface area contributed by atoms with E-state index in [1.807, 2.05) is 6.92 Å². The second kappa shape index (κ2) is 7.40. The molecular weight excluding hydrogens is 248 g/mol. The molecule has 1 rings (SSSR count). The number of aliphatic carboxylic acids is 1. The molecule has 1 aromatic heterocycles. The lowest BCUT2D eigenvalue weighted by Crippen LogP contribution is -2.46. The van der Waals surface area contributed by atoms with Crippen molar-refractivity contribution in [2.24, 2.45) is 0 Å². The van der Waals surface area contributed by atoms with E-state index < -0.39 is 5.97 Å². The Morgan fingerprint density at radius 1 is 1.58 bits per heavy atom. The zero-order valence-electron chi connectivity index (χ0n) is 11.2. The summed E-state index contributed by atoms with van der Waals surface area (Å²) in [6.45, 7) is 4.51. The molecule has 0 aliphatic heterocycles. The van der Waals surface area contributed by atoms with Crippen molar-refractivity contribution >= 4 is 12.0 Å². The fourth-order valence-corrected chi connectivity index (χ4v) is 1.85. The highest BCUT2D eigenvalue weighted by Crippen LogP contribution is 2.04. The van der Waals surface area contributed by atoms with Crippen molar-refractivity contribution in [2.75, 3.05) is 13.1 Å². The lowest BCUT2D eigenvalue weighted by atomic mass is 10.2. The lowest BCUT2D eigenvalue weighted by Gasteiger charge is -2.27. The van der Waals surface area contributed by atoms with Crippen LogP contribution in [0.3, 0.4) is 0 Å². The summed E-state index contributed by atoms with van der Waals surface area (Å²) in [6, 6.07) is -0.564. The molecule has 0 saturated carbocycles. The van der Waals surface area contributed by atoms with Gasteiger partial charge in [-0.1, -0.05) is 0 Å². The van der Waals surface area contributed by atoms with Gasteiger partial charge in [-0.3, -0.25) is 4.79 Å². The molecule has 0 aliphatic rings. The molecule has 1 unspecified atom stereocenters. The van der Waals surface area contributed by atoms with Gasteiger partial charge < -0.3 is 20.3 Å². The number of carboxylic acid groups (broad SMARTS) is 1. The molecule has 1 aromatic rings. The smallest absolute Gasteiger partial charge is 0.317 e. The summed E-state index contributed by atoms with van der Waals surface area (Å²) in [7, 11) is 0. The van der Waals surface area contributed by atoms with E-state index in [2.05, 4.69) is 15.3 Å². The number of H-pyrrole nitrogens is 1. The van der Waals surface area contributed by atoms with Crippen molar-refractivity contribution in [1.29, 1.82) is 0 Å². The second-order valence-electron chi connectivity index (χ2n) is 4.29. The van der Waals surface area contributed by atoms with Gasteiger partial charge in [-0.2, -0.15) is 0 Å². The van der Waals surface area contributed by atoms with Crippen LogP contribution in [0, 0.1) is 0 Å². The third kappa shape index (κ3) is 4.99. The van der Waals surface area contributed by atoms with Crippen LogP contribution in [0.1, 0.15) is 26.0 Å². The van der Waals surface area contributed by atoms with Crippen LogP contribution < -0.4 is 5.32 Å². The Bertz CT molecular complexity index is 405. The maximum atomic E-state index is 11.9. The average molecular weight is 268 g/mol. The minimum Gasteiger partial charge on any atom is -0.481 e. The molecule has 0 radical (unpaired) electrons. The second-order valence-corrected chi connectivity index (χ2v) is 4.29. The van der Waals surface area contributed by atoms with Crippen LogP contribution in [0.25, 0.3) is 0 Å². The molecule has 0 spiro atoms. The SMILES string of the molecule is CCN(C(=O)NCCc1cnc[nH]1)C(C)CC(=O)O. The molecule has 7 heteroatoms. The molecule has 0 aromatic carbocycles. The molecule has 1 atom stereocenters. The fraction of sp³-hybridized carbons (Fsp3) is 0.583. The van der Waals surface area contributed by atoms with Crippen LogP contribution in [0.5, 0.6) is 0 Å². The van der Waals surface area contributed by atoms with Crippen LogP contribution >= 0.6 is 0 Å². The van der Waals surface area contributed by atoms with E-state index >= 15 is 0 Å². The Morgan fingerprint density at radius 3 is 2.84 bits per heavy atom. The van der Waals surface area contributed by atoms with E-state index in [1.54, 1.807) is 19.4 Å². The quantitative estimate of drug-likeness (QED) is 0.682. The summed E-state index contributed by atoms with van der Waals surface area (Å²) in [5.74, 6) is -0.906. The first-order valence-electron chi connectivity index (χ1n) is 6.28. The minimum atomic E-state index is -0.906. The van der Waals surface area contributed by atoms with Gasteiger partial charge in [0.2, 0.25) is 0 Å². The molecule has 106 valence electrons. The summed E-state index contributed by atoms with van der Waals surface area (Å²) in [6.07, 6.45) is 3.90. The maximum absolute atomic E-state index is 11.9. The number of hydrogen-bond donors (Lipinski definition) is 3. The van der Waals surface area contributed by atoms with Crippen LogP contribution in [0.4, 0.5) is 4.79 Å². The van der Waals surface area contributed by atoms with Gasteiger partial charge in [0.1, 0.15) is 0 Å². The van der Waals surface area contributed by atoms with Crippen molar-refractivity contribution in [2.45, 2.75) is 32.7 Å². The largest absolute Gasteiger partial charge is 0.481 e. The minimum absolute atomic E-state index is 0.0538. The van der Waals surface area contributed by atoms with E-state index in [-0.39, 0.29) is 18.5 Å². The molecule has 2 amide bonds. The van der Waals surface area contributed by atoms with E-state index in [1.165, 1.54) is 4.90 Å². The van der Waals surface area contributed by atoms with Gasteiger partial charge in [0, 0.05) is 37.4 Å². The number of urea groups is 1. The lowest BCUT2D eigenvalue weighted by molar-refractivity contribution is -0.138. The van der Waals surface area contributed by atoms with Gasteiger partial charge >= 0.3 is 12.0 Å². The van der Waals surface area contributed by atoms with Gasteiger partial charge in [0.05, 0.1) is 12.7 Å². The first-order valence-corrected chi connectivity index (χ1v) is 6.28. The zero-order valence-corrected chi connectivity index (χ0v) is 11.2. The Labute approximate surface area is 112 Å². The molecule has 0 bridgehead atoms. The van der Waals surface area contributed by atoms with Gasteiger partial charge in [0.25, 0.3) is 0 Å². The number of rotatable bonds is 7. The molecular formula is C12H20N4O3. The zero-order chi connectivity index (χ0) is 14.3. The number of amides is 2. The third-order valence-electron chi connectivity index (χ3n) is 2.83. The van der Waals surface area contributed by atoms with Crippen LogP contribution in [-0.4, -0.2) is 51.1 Å². The normalized spacial score (nSPS) is 11.9. The van der Waals surface area contributed by atoms with Crippen molar-refractivity contribution in [1.82, 2.24) is 20.2 Å². The first-order chi connectivity index (χ1) is 9.04. The van der Waals surface area contributed by atoms with Crippen molar-refractivity contribution in [3.05, 3.63) is 18.2 Å². The van der Waals surface area contributed by atoms with Gasteiger partial charge in [-0.05, 0) is 13.8 Å². The Kier molecular flexibility index (Phi) is 5.84. The molecule has 1 heterocycles. The highest BCUT2D eigenvalue weighted by atomic mass is 16.4. The highest BCUT2D eigenvalue weighted by Gasteiger charge is 2.20. The van der Waals surface area contributed by atoms with E-state index in [0.29, 0.717) is 19.5 Å². The van der Waals surface area contributed by atoms with Crippen LogP contribution in [-0.2, 0) is 11.2 Å². The Balaban J connectivity index is 2.38. The van der Waals surface area contributed by atoms with E-state index in [4.69, 9.17) is 5.11 Å². The number of aromatic amines is 1. The summed E-state index contributed by atoms with van der Waals surface area (Å²) in [5.41, 5.74) is 0.946. The predicted octanol–water partition coefficient (Wildman–Crippen LogP) is 0.847. The number of imidazole rings is 1. The molecule has 0 saturated heterocycles. The summed E-state index contributed by atoms with van der Waals surface area (Å²) < 4.78 is 0. The highest BCUT2D eigenvalue weighted by molar-refractivity contribution is 5.75. The van der Waals surface area contributed by atoms with Crippen LogP contribution in [0.2, 0.25) is 0 Å². The van der Waals surface area contributed by atoms with Crippen LogP contribution in [0.15, 0.2) is 12.5 Å². The molecule has 19 heavy (non-hydrogen) atoms. The molecule has 0 fully saturated rings. The number of nitrogens with one attached hydrogen (secondary N) is 2. The fourth-order valence-electron chi connectivity index (χ4n) is 1.85. The van der Waals surface area contributed by atoms with E-state index in [9.17, 15) is 9.59 Å². The first kappa shape index (κ1) is 15.0. The molecule has 0 aliphatic carbocycles. The average Bonchev–Trinajstić information content (AvgIpc) is 2.82. The standard InChI is InChI=1S/C12H20N4O3/c1-3-16(9(2)6-11(17)18)12(19)14-5-4-10-7-13-8-15-10/h7-9H,3-6H2,1-2H3,(H,13,15)(H,14,19)(H,17,18). The van der Waals surface area contributed by atoms with Gasteiger partial charge in [0.15, 0.2) is 0 Å². The number of hydrogen-bond acceptors (Lipinski definition) is 3.